The smallest absolute Gasteiger partial charge is 0.261 e. The molecule has 1 amide bonds. The molecule has 2 N–H and O–H groups in total. The molecular weight excluding hydrogens is 258 g/mol. The summed E-state index contributed by atoms with van der Waals surface area (Å²) in [5, 5.41) is 13.0. The summed E-state index contributed by atoms with van der Waals surface area (Å²) < 4.78 is 0. The lowest BCUT2D eigenvalue weighted by molar-refractivity contribution is 0.0862. The van der Waals surface area contributed by atoms with Crippen molar-refractivity contribution in [2.75, 3.05) is 0 Å². The van der Waals surface area contributed by atoms with Gasteiger partial charge in [-0.05, 0) is 30.2 Å². The molecule has 4 heteroatoms. The largest absolute Gasteiger partial charge is 0.390 e. The van der Waals surface area contributed by atoms with Crippen LogP contribution in [0.3, 0.4) is 0 Å². The van der Waals surface area contributed by atoms with Crippen LogP contribution in [-0.2, 0) is 6.42 Å². The van der Waals surface area contributed by atoms with Crippen LogP contribution in [0.2, 0.25) is 0 Å². The highest BCUT2D eigenvalue weighted by molar-refractivity contribution is 7.13. The Morgan fingerprint density at radius 1 is 1.32 bits per heavy atom. The lowest BCUT2D eigenvalue weighted by atomic mass is 10.1. The van der Waals surface area contributed by atoms with Crippen LogP contribution in [-0.4, -0.2) is 17.1 Å². The maximum absolute atomic E-state index is 12.2. The maximum atomic E-state index is 12.2. The van der Waals surface area contributed by atoms with E-state index in [1.54, 1.807) is 0 Å². The van der Waals surface area contributed by atoms with Crippen molar-refractivity contribution in [2.45, 2.75) is 25.5 Å². The molecule has 0 saturated carbocycles. The predicted octanol–water partition coefficient (Wildman–Crippen LogP) is 2.44. The molecule has 1 heterocycles. The molecule has 1 aromatic carbocycles. The molecule has 2 aromatic rings. The first-order valence-corrected chi connectivity index (χ1v) is 7.10. The molecule has 0 unspecified atom stereocenters. The van der Waals surface area contributed by atoms with Crippen LogP contribution in [0.25, 0.3) is 0 Å². The summed E-state index contributed by atoms with van der Waals surface area (Å²) in [7, 11) is 0. The Morgan fingerprint density at radius 2 is 2.11 bits per heavy atom. The predicted molar refractivity (Wildman–Crippen MR) is 75.4 cm³/mol. The Balaban J connectivity index is 1.82. The fourth-order valence-corrected chi connectivity index (χ4v) is 3.29. The number of amides is 1. The minimum atomic E-state index is -0.539. The van der Waals surface area contributed by atoms with Crippen LogP contribution in [0.1, 0.15) is 31.7 Å². The van der Waals surface area contributed by atoms with Gasteiger partial charge in [0.2, 0.25) is 0 Å². The van der Waals surface area contributed by atoms with Crippen LogP contribution < -0.4 is 5.32 Å². The highest BCUT2D eigenvalue weighted by atomic mass is 32.1. The lowest BCUT2D eigenvalue weighted by Gasteiger charge is -2.17. The van der Waals surface area contributed by atoms with Gasteiger partial charge in [0.25, 0.3) is 5.91 Å². The fourth-order valence-electron chi connectivity index (χ4n) is 2.52. The van der Waals surface area contributed by atoms with Crippen molar-refractivity contribution in [3.8, 4) is 0 Å². The second-order valence-corrected chi connectivity index (χ2v) is 6.12. The maximum Gasteiger partial charge on any atom is 0.261 e. The number of hydrogen-bond acceptors (Lipinski definition) is 3. The summed E-state index contributed by atoms with van der Waals surface area (Å²) in [6.45, 7) is 1.97. The molecule has 3 rings (SSSR count). The number of aryl methyl sites for hydroxylation is 1. The van der Waals surface area contributed by atoms with Gasteiger partial charge in [0.15, 0.2) is 0 Å². The first-order valence-electron chi connectivity index (χ1n) is 6.28. The van der Waals surface area contributed by atoms with E-state index in [1.807, 2.05) is 43.3 Å². The summed E-state index contributed by atoms with van der Waals surface area (Å²) in [6, 6.07) is 11.3. The van der Waals surface area contributed by atoms with Gasteiger partial charge in [-0.3, -0.25) is 4.79 Å². The molecule has 1 aliphatic rings. The molecule has 19 heavy (non-hydrogen) atoms. The number of carbonyl (C=O) groups excluding carboxylic acids is 1. The molecule has 1 aromatic heterocycles. The monoisotopic (exact) mass is 273 g/mol. The molecule has 0 bridgehead atoms. The molecule has 0 radical (unpaired) electrons. The van der Waals surface area contributed by atoms with Gasteiger partial charge in [-0.25, -0.2) is 0 Å². The van der Waals surface area contributed by atoms with Gasteiger partial charge >= 0.3 is 0 Å². The molecule has 2 atom stereocenters. The average molecular weight is 273 g/mol. The average Bonchev–Trinajstić information content (AvgIpc) is 2.95. The van der Waals surface area contributed by atoms with Crippen molar-refractivity contribution in [2.24, 2.45) is 0 Å². The van der Waals surface area contributed by atoms with Crippen molar-refractivity contribution in [1.29, 1.82) is 0 Å². The third-order valence-electron chi connectivity index (χ3n) is 3.45. The van der Waals surface area contributed by atoms with E-state index in [2.05, 4.69) is 5.32 Å². The first-order chi connectivity index (χ1) is 9.15. The van der Waals surface area contributed by atoms with E-state index in [0.29, 0.717) is 11.3 Å². The van der Waals surface area contributed by atoms with Crippen LogP contribution in [0.4, 0.5) is 0 Å². The van der Waals surface area contributed by atoms with Crippen molar-refractivity contribution >= 4 is 17.2 Å². The molecule has 0 fully saturated rings. The Bertz CT molecular complexity index is 620. The zero-order valence-electron chi connectivity index (χ0n) is 10.6. The molecule has 0 aliphatic heterocycles. The number of aliphatic hydroxyl groups excluding tert-OH is 1. The van der Waals surface area contributed by atoms with Crippen LogP contribution >= 0.6 is 11.3 Å². The number of nitrogens with one attached hydrogen (secondary N) is 1. The zero-order valence-corrected chi connectivity index (χ0v) is 11.4. The van der Waals surface area contributed by atoms with E-state index in [9.17, 15) is 9.90 Å². The summed E-state index contributed by atoms with van der Waals surface area (Å²) >= 11 is 1.47. The Morgan fingerprint density at radius 3 is 2.84 bits per heavy atom. The second-order valence-electron chi connectivity index (χ2n) is 4.83. The van der Waals surface area contributed by atoms with Gasteiger partial charge in [0.1, 0.15) is 0 Å². The summed E-state index contributed by atoms with van der Waals surface area (Å²) in [5.74, 6) is -0.112. The number of carbonyl (C=O) groups is 1. The van der Waals surface area contributed by atoms with E-state index in [0.717, 1.165) is 16.0 Å². The van der Waals surface area contributed by atoms with Crippen molar-refractivity contribution < 1.29 is 9.90 Å². The van der Waals surface area contributed by atoms with Gasteiger partial charge < -0.3 is 10.4 Å². The second kappa shape index (κ2) is 4.79. The van der Waals surface area contributed by atoms with E-state index in [4.69, 9.17) is 0 Å². The third kappa shape index (κ3) is 2.29. The molecule has 1 aliphatic carbocycles. The number of rotatable bonds is 2. The SMILES string of the molecule is Cc1ccc(C(=O)N[C@H]2c3ccccc3C[C@H]2O)s1. The molecule has 3 nitrogen and oxygen atoms in total. The van der Waals surface area contributed by atoms with Gasteiger partial charge in [-0.15, -0.1) is 11.3 Å². The van der Waals surface area contributed by atoms with E-state index < -0.39 is 6.10 Å². The highest BCUT2D eigenvalue weighted by Crippen LogP contribution is 2.31. The fraction of sp³-hybridized carbons (Fsp3) is 0.267. The van der Waals surface area contributed by atoms with Crippen molar-refractivity contribution in [3.05, 3.63) is 57.3 Å². The quantitative estimate of drug-likeness (QED) is 0.883. The summed E-state index contributed by atoms with van der Waals surface area (Å²) in [6.07, 6.45) is 0.0623. The minimum Gasteiger partial charge on any atom is -0.390 e. The van der Waals surface area contributed by atoms with Crippen LogP contribution in [0, 0.1) is 6.92 Å². The Hall–Kier alpha value is -1.65. The minimum absolute atomic E-state index is 0.112. The van der Waals surface area contributed by atoms with E-state index in [1.165, 1.54) is 11.3 Å². The zero-order chi connectivity index (χ0) is 13.4. The topological polar surface area (TPSA) is 49.3 Å². The third-order valence-corrected chi connectivity index (χ3v) is 4.45. The summed E-state index contributed by atoms with van der Waals surface area (Å²) in [4.78, 5) is 14.0. The normalized spacial score (nSPS) is 21.2. The number of aliphatic hydroxyl groups is 1. The molecular formula is C15H15NO2S. The van der Waals surface area contributed by atoms with Gasteiger partial charge in [-0.2, -0.15) is 0 Å². The van der Waals surface area contributed by atoms with E-state index >= 15 is 0 Å². The Labute approximate surface area is 115 Å². The van der Waals surface area contributed by atoms with Crippen molar-refractivity contribution in [1.82, 2.24) is 5.32 Å². The molecule has 0 spiro atoms. The number of fused-ring (bicyclic) bond motifs is 1. The van der Waals surface area contributed by atoms with Crippen LogP contribution in [0.15, 0.2) is 36.4 Å². The van der Waals surface area contributed by atoms with Crippen LogP contribution in [0.5, 0.6) is 0 Å². The Kier molecular flexibility index (Phi) is 3.12. The van der Waals surface area contributed by atoms with E-state index in [-0.39, 0.29) is 11.9 Å². The first kappa shape index (κ1) is 12.4. The van der Waals surface area contributed by atoms with Gasteiger partial charge in [0.05, 0.1) is 17.0 Å². The van der Waals surface area contributed by atoms with Crippen molar-refractivity contribution in [3.63, 3.8) is 0 Å². The number of benzene rings is 1. The van der Waals surface area contributed by atoms with Gasteiger partial charge in [0, 0.05) is 11.3 Å². The number of thiophene rings is 1. The molecule has 0 saturated heterocycles. The van der Waals surface area contributed by atoms with Gasteiger partial charge in [-0.1, -0.05) is 24.3 Å². The highest BCUT2D eigenvalue weighted by Gasteiger charge is 2.32. The number of hydrogen-bond donors (Lipinski definition) is 2. The standard InChI is InChI=1S/C15H15NO2S/c1-9-6-7-13(19-9)15(18)16-14-11-5-3-2-4-10(11)8-12(14)17/h2-7,12,14,17H,8H2,1H3,(H,16,18)/t12-,14+/m1/s1. The molecule has 98 valence electrons. The lowest BCUT2D eigenvalue weighted by Crippen LogP contribution is -2.33. The summed E-state index contributed by atoms with van der Waals surface area (Å²) in [5.41, 5.74) is 2.14.